The van der Waals surface area contributed by atoms with E-state index in [1.54, 1.807) is 65.8 Å². The number of nitrogens with zero attached hydrogens (tertiary/aromatic N) is 1. The van der Waals surface area contributed by atoms with Crippen molar-refractivity contribution in [3.63, 3.8) is 0 Å². The number of esters is 1. The number of aliphatic hydroxyl groups is 1. The van der Waals surface area contributed by atoms with E-state index in [0.29, 0.717) is 24.0 Å². The molecule has 10 heteroatoms. The van der Waals surface area contributed by atoms with Gasteiger partial charge in [-0.15, -0.1) is 6.42 Å². The van der Waals surface area contributed by atoms with Crippen LogP contribution in [0, 0.1) is 12.3 Å². The molecule has 0 spiro atoms. The summed E-state index contributed by atoms with van der Waals surface area (Å²) in [5.74, 6) is 0.618. The monoisotopic (exact) mass is 605 g/mol. The molecule has 10 nitrogen and oxygen atoms in total. The first-order chi connectivity index (χ1) is 20.6. The van der Waals surface area contributed by atoms with Gasteiger partial charge in [0.25, 0.3) is 0 Å². The standard InChI is InChI=1S/C34H43N3O7/c1-8-22-14-16-24(17-15-22)28(37(25-18-19-25)30(40)27(21-38)36-32(42)44-34(5,6)7)29(39)35-26(31(41)43-33(2,3)4)20-23-12-10-9-11-13-23/h1,9-17,25-28,38H,18-21H2,2-7H3,(H,35,39)(H,36,42). The van der Waals surface area contributed by atoms with E-state index in [-0.39, 0.29) is 12.5 Å². The van der Waals surface area contributed by atoms with Gasteiger partial charge in [0.2, 0.25) is 11.8 Å². The molecule has 0 aromatic heterocycles. The van der Waals surface area contributed by atoms with Gasteiger partial charge < -0.3 is 30.1 Å². The van der Waals surface area contributed by atoms with Gasteiger partial charge in [-0.25, -0.2) is 9.59 Å². The molecule has 2 aromatic rings. The molecule has 1 saturated carbocycles. The number of benzene rings is 2. The van der Waals surface area contributed by atoms with Gasteiger partial charge in [-0.1, -0.05) is 48.4 Å². The maximum atomic E-state index is 14.2. The predicted molar refractivity (Wildman–Crippen MR) is 165 cm³/mol. The summed E-state index contributed by atoms with van der Waals surface area (Å²) >= 11 is 0. The number of hydrogen-bond donors (Lipinski definition) is 3. The van der Waals surface area contributed by atoms with Gasteiger partial charge in [0, 0.05) is 18.0 Å². The molecule has 1 aliphatic carbocycles. The van der Waals surface area contributed by atoms with Crippen LogP contribution in [0.4, 0.5) is 4.79 Å². The Hall–Kier alpha value is -4.36. The summed E-state index contributed by atoms with van der Waals surface area (Å²) in [6, 6.07) is 11.8. The van der Waals surface area contributed by atoms with Crippen molar-refractivity contribution >= 4 is 23.9 Å². The van der Waals surface area contributed by atoms with E-state index in [1.807, 2.05) is 30.3 Å². The fourth-order valence-corrected chi connectivity index (χ4v) is 4.55. The third-order valence-electron chi connectivity index (χ3n) is 6.58. The van der Waals surface area contributed by atoms with Crippen LogP contribution in [0.5, 0.6) is 0 Å². The molecule has 1 fully saturated rings. The van der Waals surface area contributed by atoms with Crippen molar-refractivity contribution in [3.8, 4) is 12.3 Å². The Labute approximate surface area is 259 Å². The number of amides is 3. The van der Waals surface area contributed by atoms with Crippen LogP contribution in [0.2, 0.25) is 0 Å². The molecular weight excluding hydrogens is 562 g/mol. The molecule has 0 radical (unpaired) electrons. The Morgan fingerprint density at radius 1 is 0.909 bits per heavy atom. The first-order valence-corrected chi connectivity index (χ1v) is 14.7. The third-order valence-corrected chi connectivity index (χ3v) is 6.58. The zero-order valence-electron chi connectivity index (χ0n) is 26.3. The lowest BCUT2D eigenvalue weighted by atomic mass is 9.99. The second kappa shape index (κ2) is 14.4. The van der Waals surface area contributed by atoms with Crippen LogP contribution in [-0.4, -0.2) is 69.8 Å². The number of terminal acetylenes is 1. The molecule has 0 saturated heterocycles. The fourth-order valence-electron chi connectivity index (χ4n) is 4.55. The number of rotatable bonds is 11. The molecule has 3 amide bonds. The number of nitrogens with one attached hydrogen (secondary N) is 2. The van der Waals surface area contributed by atoms with E-state index < -0.39 is 59.8 Å². The van der Waals surface area contributed by atoms with Gasteiger partial charge in [-0.3, -0.25) is 9.59 Å². The van der Waals surface area contributed by atoms with Gasteiger partial charge in [0.05, 0.1) is 6.61 Å². The average Bonchev–Trinajstić information content (AvgIpc) is 3.78. The molecular formula is C34H43N3O7. The Kier molecular flexibility index (Phi) is 11.2. The smallest absolute Gasteiger partial charge is 0.408 e. The molecule has 0 aliphatic heterocycles. The number of ether oxygens (including phenoxy) is 2. The maximum Gasteiger partial charge on any atom is 0.408 e. The lowest BCUT2D eigenvalue weighted by Gasteiger charge is -2.35. The highest BCUT2D eigenvalue weighted by atomic mass is 16.6. The highest BCUT2D eigenvalue weighted by Gasteiger charge is 2.45. The van der Waals surface area contributed by atoms with E-state index in [1.165, 1.54) is 4.90 Å². The Morgan fingerprint density at radius 3 is 2.00 bits per heavy atom. The summed E-state index contributed by atoms with van der Waals surface area (Å²) in [6.45, 7) is 9.52. The molecule has 0 heterocycles. The van der Waals surface area contributed by atoms with Crippen LogP contribution in [0.1, 0.15) is 77.1 Å². The van der Waals surface area contributed by atoms with Crippen LogP contribution >= 0.6 is 0 Å². The van der Waals surface area contributed by atoms with E-state index in [0.717, 1.165) is 5.56 Å². The van der Waals surface area contributed by atoms with Crippen molar-refractivity contribution in [1.82, 2.24) is 15.5 Å². The van der Waals surface area contributed by atoms with Crippen LogP contribution in [-0.2, 0) is 30.3 Å². The number of carbonyl (C=O) groups excluding carboxylic acids is 4. The van der Waals surface area contributed by atoms with Crippen molar-refractivity contribution in [2.45, 2.75) is 96.2 Å². The van der Waals surface area contributed by atoms with Crippen molar-refractivity contribution in [2.75, 3.05) is 6.61 Å². The van der Waals surface area contributed by atoms with Crippen molar-refractivity contribution < 1.29 is 33.8 Å². The minimum absolute atomic E-state index is 0.154. The predicted octanol–water partition coefficient (Wildman–Crippen LogP) is 3.65. The lowest BCUT2D eigenvalue weighted by Crippen LogP contribution is -2.56. The van der Waals surface area contributed by atoms with Gasteiger partial charge in [-0.05, 0) is 77.6 Å². The normalized spacial score (nSPS) is 15.1. The summed E-state index contributed by atoms with van der Waals surface area (Å²) in [5.41, 5.74) is 0.181. The van der Waals surface area contributed by atoms with Gasteiger partial charge >= 0.3 is 12.1 Å². The highest BCUT2D eigenvalue weighted by molar-refractivity contribution is 5.94. The third kappa shape index (κ3) is 10.1. The topological polar surface area (TPSA) is 134 Å². The molecule has 3 atom stereocenters. The van der Waals surface area contributed by atoms with E-state index in [2.05, 4.69) is 16.6 Å². The average molecular weight is 606 g/mol. The first kappa shape index (κ1) is 34.1. The zero-order chi connectivity index (χ0) is 32.7. The zero-order valence-corrected chi connectivity index (χ0v) is 26.3. The van der Waals surface area contributed by atoms with Crippen LogP contribution in [0.3, 0.4) is 0 Å². The summed E-state index contributed by atoms with van der Waals surface area (Å²) in [5, 5.41) is 15.4. The summed E-state index contributed by atoms with van der Waals surface area (Å²) in [4.78, 5) is 55.5. The van der Waals surface area contributed by atoms with Gasteiger partial charge in [0.15, 0.2) is 0 Å². The number of alkyl carbamates (subject to hydrolysis) is 1. The molecule has 3 unspecified atom stereocenters. The van der Waals surface area contributed by atoms with Crippen molar-refractivity contribution in [2.24, 2.45) is 0 Å². The second-order valence-corrected chi connectivity index (χ2v) is 12.8. The first-order valence-electron chi connectivity index (χ1n) is 14.7. The SMILES string of the molecule is C#Cc1ccc(C(C(=O)NC(Cc2ccccc2)C(=O)OC(C)(C)C)N(C(=O)C(CO)NC(=O)OC(C)(C)C)C2CC2)cc1. The van der Waals surface area contributed by atoms with Gasteiger partial charge in [-0.2, -0.15) is 0 Å². The molecule has 0 bridgehead atoms. The number of hydrogen-bond acceptors (Lipinski definition) is 7. The largest absolute Gasteiger partial charge is 0.458 e. The van der Waals surface area contributed by atoms with E-state index in [4.69, 9.17) is 15.9 Å². The molecule has 2 aromatic carbocycles. The van der Waals surface area contributed by atoms with E-state index >= 15 is 0 Å². The molecule has 3 N–H and O–H groups in total. The maximum absolute atomic E-state index is 14.2. The van der Waals surface area contributed by atoms with Crippen LogP contribution < -0.4 is 10.6 Å². The summed E-state index contributed by atoms with van der Waals surface area (Å²) in [6.07, 6.45) is 6.05. The summed E-state index contributed by atoms with van der Waals surface area (Å²) < 4.78 is 10.9. The summed E-state index contributed by atoms with van der Waals surface area (Å²) in [7, 11) is 0. The van der Waals surface area contributed by atoms with Crippen LogP contribution in [0.25, 0.3) is 0 Å². The fraction of sp³-hybridized carbons (Fsp3) is 0.471. The minimum Gasteiger partial charge on any atom is -0.458 e. The lowest BCUT2D eigenvalue weighted by molar-refractivity contribution is -0.159. The number of aliphatic hydroxyl groups excluding tert-OH is 1. The Morgan fingerprint density at radius 2 is 1.50 bits per heavy atom. The molecule has 236 valence electrons. The van der Waals surface area contributed by atoms with Crippen LogP contribution in [0.15, 0.2) is 54.6 Å². The second-order valence-electron chi connectivity index (χ2n) is 12.8. The van der Waals surface area contributed by atoms with Crippen molar-refractivity contribution in [3.05, 3.63) is 71.3 Å². The molecule has 3 rings (SSSR count). The van der Waals surface area contributed by atoms with E-state index in [9.17, 15) is 24.3 Å². The highest BCUT2D eigenvalue weighted by Crippen LogP contribution is 2.36. The number of carbonyl (C=O) groups is 4. The quantitative estimate of drug-likeness (QED) is 0.263. The molecule has 44 heavy (non-hydrogen) atoms. The van der Waals surface area contributed by atoms with Crippen molar-refractivity contribution in [1.29, 1.82) is 0 Å². The Balaban J connectivity index is 2.00. The minimum atomic E-state index is -1.38. The Bertz CT molecular complexity index is 1350. The van der Waals surface area contributed by atoms with Gasteiger partial charge in [0.1, 0.15) is 29.3 Å². The molecule has 1 aliphatic rings.